The minimum absolute atomic E-state index is 0.301. The first-order valence-corrected chi connectivity index (χ1v) is 7.82. The summed E-state index contributed by atoms with van der Waals surface area (Å²) < 4.78 is 71.6. The quantitative estimate of drug-likeness (QED) is 0.495. The first-order valence-electron chi connectivity index (χ1n) is 7.02. The average Bonchev–Trinajstić information content (AvgIpc) is 2.41. The lowest BCUT2D eigenvalue weighted by Gasteiger charge is -2.20. The van der Waals surface area contributed by atoms with Crippen LogP contribution in [0.4, 0.5) is 32.4 Å². The maximum atomic E-state index is 13.8. The van der Waals surface area contributed by atoms with Gasteiger partial charge in [0.1, 0.15) is 17.1 Å². The van der Waals surface area contributed by atoms with Crippen LogP contribution in [0.2, 0.25) is 0 Å². The Labute approximate surface area is 154 Å². The number of hydrogen-bond donors (Lipinski definition) is 3. The third-order valence-corrected chi connectivity index (χ3v) is 3.24. The number of halogens is 6. The molecule has 5 nitrogen and oxygen atoms in total. The molecule has 0 bridgehead atoms. The molecule has 0 aliphatic heterocycles. The Hall–Kier alpha value is -2.17. The molecular weight excluding hydrogens is 429 g/mol. The number of benzene rings is 1. The van der Waals surface area contributed by atoms with E-state index in [4.69, 9.17) is 10.5 Å². The number of alkyl carbamates (subject to hydrolysis) is 1. The van der Waals surface area contributed by atoms with Gasteiger partial charge in [-0.3, -0.25) is 5.32 Å². The van der Waals surface area contributed by atoms with E-state index in [0.717, 1.165) is 6.07 Å². The fraction of sp³-hybridized carbons (Fsp3) is 0.333. The molecule has 1 amide bonds. The van der Waals surface area contributed by atoms with Crippen molar-refractivity contribution in [1.82, 2.24) is 5.32 Å². The molecule has 0 aliphatic rings. The van der Waals surface area contributed by atoms with Crippen molar-refractivity contribution >= 4 is 33.4 Å². The van der Waals surface area contributed by atoms with Crippen LogP contribution in [0.5, 0.6) is 0 Å². The van der Waals surface area contributed by atoms with Gasteiger partial charge in [0.05, 0.1) is 4.47 Å². The standard InChI is InChI=1S/C15H15BrF5N3O2/c1-14(2,3)26-13(25)23-10(6-22)12(15(19,20)21)24-11-8(16)4-7(17)5-9(11)18/h4-6H,22H2,1-3H3,(H,23,25)/p+1. The van der Waals surface area contributed by atoms with Crippen molar-refractivity contribution in [2.24, 2.45) is 5.73 Å². The predicted molar refractivity (Wildman–Crippen MR) is 87.4 cm³/mol. The third kappa shape index (κ3) is 6.28. The van der Waals surface area contributed by atoms with E-state index in [-0.39, 0.29) is 4.47 Å². The van der Waals surface area contributed by atoms with E-state index in [0.29, 0.717) is 12.3 Å². The van der Waals surface area contributed by atoms with Gasteiger partial charge in [0.25, 0.3) is 5.69 Å². The van der Waals surface area contributed by atoms with Gasteiger partial charge in [0.2, 0.25) is 0 Å². The second-order valence-electron chi connectivity index (χ2n) is 5.95. The first-order chi connectivity index (χ1) is 11.7. The smallest absolute Gasteiger partial charge is 0.444 e. The van der Waals surface area contributed by atoms with Crippen LogP contribution in [-0.4, -0.2) is 23.6 Å². The zero-order valence-corrected chi connectivity index (χ0v) is 15.5. The normalized spacial score (nSPS) is 13.6. The number of hydrogen-bond acceptors (Lipinski definition) is 3. The van der Waals surface area contributed by atoms with Crippen LogP contribution >= 0.6 is 15.9 Å². The van der Waals surface area contributed by atoms with E-state index < -0.39 is 46.6 Å². The highest BCUT2D eigenvalue weighted by molar-refractivity contribution is 9.10. The van der Waals surface area contributed by atoms with Crippen molar-refractivity contribution in [2.75, 3.05) is 0 Å². The molecule has 0 saturated carbocycles. The molecule has 1 rings (SSSR count). The van der Waals surface area contributed by atoms with Gasteiger partial charge in [0, 0.05) is 12.3 Å². The van der Waals surface area contributed by atoms with Crippen molar-refractivity contribution < 1.29 is 36.5 Å². The lowest BCUT2D eigenvalue weighted by molar-refractivity contribution is -0.371. The Balaban J connectivity index is 3.36. The number of allylic oxidation sites excluding steroid dienone is 1. The fourth-order valence-corrected chi connectivity index (χ4v) is 2.19. The lowest BCUT2D eigenvalue weighted by atomic mass is 10.2. The first kappa shape index (κ1) is 21.9. The molecule has 1 aromatic carbocycles. The van der Waals surface area contributed by atoms with Gasteiger partial charge < -0.3 is 10.5 Å². The van der Waals surface area contributed by atoms with Gasteiger partial charge in [-0.05, 0) is 42.8 Å². The van der Waals surface area contributed by atoms with Crippen molar-refractivity contribution in [3.8, 4) is 0 Å². The Morgan fingerprint density at radius 3 is 2.27 bits per heavy atom. The largest absolute Gasteiger partial charge is 0.479 e. The van der Waals surface area contributed by atoms with E-state index in [1.54, 1.807) is 4.99 Å². The predicted octanol–water partition coefficient (Wildman–Crippen LogP) is 2.77. The molecule has 0 heterocycles. The molecule has 144 valence electrons. The number of ether oxygens (including phenoxy) is 1. The third-order valence-electron chi connectivity index (χ3n) is 2.61. The highest BCUT2D eigenvalue weighted by atomic mass is 79.9. The summed E-state index contributed by atoms with van der Waals surface area (Å²) in [6.45, 7) is 4.53. The summed E-state index contributed by atoms with van der Waals surface area (Å²) in [5.74, 6) is -2.28. The molecule has 0 aliphatic carbocycles. The number of carbonyl (C=O) groups excluding carboxylic acids is 1. The van der Waals surface area contributed by atoms with Crippen LogP contribution in [0.3, 0.4) is 0 Å². The molecule has 26 heavy (non-hydrogen) atoms. The SMILES string of the molecule is CC(C)(C)OC(=O)NC(=CN)C(=[NH+]c1c(F)cc(F)cc1Br)C(F)(F)F. The fourth-order valence-electron chi connectivity index (χ4n) is 1.68. The maximum Gasteiger partial charge on any atom is 0.479 e. The summed E-state index contributed by atoms with van der Waals surface area (Å²) in [4.78, 5) is 13.5. The van der Waals surface area contributed by atoms with Gasteiger partial charge in [-0.25, -0.2) is 9.18 Å². The number of nitrogens with two attached hydrogens (primary N) is 1. The van der Waals surface area contributed by atoms with Crippen LogP contribution < -0.4 is 16.0 Å². The van der Waals surface area contributed by atoms with Crippen molar-refractivity contribution in [1.29, 1.82) is 0 Å². The zero-order chi connectivity index (χ0) is 20.3. The van der Waals surface area contributed by atoms with E-state index in [1.807, 2.05) is 5.32 Å². The summed E-state index contributed by atoms with van der Waals surface area (Å²) in [5, 5.41) is 1.84. The topological polar surface area (TPSA) is 78.3 Å². The van der Waals surface area contributed by atoms with Gasteiger partial charge in [-0.2, -0.15) is 22.6 Å². The monoisotopic (exact) mass is 444 g/mol. The lowest BCUT2D eigenvalue weighted by Crippen LogP contribution is -2.72. The molecule has 4 N–H and O–H groups in total. The maximum absolute atomic E-state index is 13.8. The molecule has 0 radical (unpaired) electrons. The Kier molecular flexibility index (Phi) is 6.75. The Morgan fingerprint density at radius 2 is 1.85 bits per heavy atom. The molecular formula is C15H16BrF5N3O2+. The molecule has 11 heteroatoms. The summed E-state index contributed by atoms with van der Waals surface area (Å²) in [6, 6.07) is 1.17. The zero-order valence-electron chi connectivity index (χ0n) is 13.9. The molecule has 0 fully saturated rings. The van der Waals surface area contributed by atoms with Crippen LogP contribution in [0, 0.1) is 11.6 Å². The molecule has 0 atom stereocenters. The number of amides is 1. The summed E-state index contributed by atoms with van der Waals surface area (Å²) in [6.07, 6.45) is -5.79. The average molecular weight is 445 g/mol. The molecule has 0 spiro atoms. The number of rotatable bonds is 3. The molecule has 1 aromatic rings. The van der Waals surface area contributed by atoms with Gasteiger partial charge in [-0.15, -0.1) is 0 Å². The summed E-state index contributed by atoms with van der Waals surface area (Å²) in [7, 11) is 0. The van der Waals surface area contributed by atoms with E-state index in [1.165, 1.54) is 20.8 Å². The minimum atomic E-state index is -5.06. The van der Waals surface area contributed by atoms with Crippen LogP contribution in [0.15, 0.2) is 28.5 Å². The van der Waals surface area contributed by atoms with E-state index in [2.05, 4.69) is 15.9 Å². The number of carbonyl (C=O) groups is 1. The highest BCUT2D eigenvalue weighted by Gasteiger charge is 2.45. The van der Waals surface area contributed by atoms with E-state index >= 15 is 0 Å². The molecule has 0 saturated heterocycles. The second kappa shape index (κ2) is 8.02. The van der Waals surface area contributed by atoms with Crippen LogP contribution in [-0.2, 0) is 4.74 Å². The van der Waals surface area contributed by atoms with E-state index in [9.17, 15) is 26.7 Å². The number of nitrogens with one attached hydrogen (secondary N) is 2. The minimum Gasteiger partial charge on any atom is -0.444 e. The second-order valence-corrected chi connectivity index (χ2v) is 6.80. The van der Waals surface area contributed by atoms with Crippen molar-refractivity contribution in [3.63, 3.8) is 0 Å². The Morgan fingerprint density at radius 1 is 1.27 bits per heavy atom. The Bertz CT molecular complexity index is 732. The summed E-state index contributed by atoms with van der Waals surface area (Å²) in [5.41, 5.74) is 1.04. The van der Waals surface area contributed by atoms with Gasteiger partial charge >= 0.3 is 18.0 Å². The highest BCUT2D eigenvalue weighted by Crippen LogP contribution is 2.24. The van der Waals surface area contributed by atoms with Gasteiger partial charge in [0.15, 0.2) is 5.82 Å². The van der Waals surface area contributed by atoms with Crippen LogP contribution in [0.1, 0.15) is 20.8 Å². The molecule has 0 unspecified atom stereocenters. The van der Waals surface area contributed by atoms with Gasteiger partial charge in [-0.1, -0.05) is 0 Å². The summed E-state index contributed by atoms with van der Waals surface area (Å²) >= 11 is 2.77. The van der Waals surface area contributed by atoms with Crippen molar-refractivity contribution in [2.45, 2.75) is 32.5 Å². The van der Waals surface area contributed by atoms with Crippen molar-refractivity contribution in [3.05, 3.63) is 40.1 Å². The molecule has 0 aromatic heterocycles. The number of alkyl halides is 3. The van der Waals surface area contributed by atoms with Crippen LogP contribution in [0.25, 0.3) is 0 Å².